The van der Waals surface area contributed by atoms with Crippen LogP contribution >= 0.6 is 0 Å². The summed E-state index contributed by atoms with van der Waals surface area (Å²) in [4.78, 5) is 28.2. The first-order valence-electron chi connectivity index (χ1n) is 7.20. The molecule has 0 spiro atoms. The van der Waals surface area contributed by atoms with Crippen molar-refractivity contribution in [2.24, 2.45) is 0 Å². The Morgan fingerprint density at radius 2 is 2.04 bits per heavy atom. The Hall–Kier alpha value is -3.22. The summed E-state index contributed by atoms with van der Waals surface area (Å²) in [6.45, 7) is 0. The van der Waals surface area contributed by atoms with Crippen molar-refractivity contribution in [1.29, 1.82) is 0 Å². The fraction of sp³-hybridized carbons (Fsp3) is 0.125. The van der Waals surface area contributed by atoms with E-state index >= 15 is 0 Å². The van der Waals surface area contributed by atoms with Gasteiger partial charge >= 0.3 is 0 Å². The molecule has 4 rings (SSSR count). The largest absolute Gasteiger partial charge is 0.325 e. The molecule has 0 unspecified atom stereocenters. The second kappa shape index (κ2) is 5.20. The first kappa shape index (κ1) is 13.4. The van der Waals surface area contributed by atoms with Crippen LogP contribution in [-0.2, 0) is 9.59 Å². The second-order valence-corrected chi connectivity index (χ2v) is 5.31. The van der Waals surface area contributed by atoms with Gasteiger partial charge in [0.2, 0.25) is 11.9 Å². The van der Waals surface area contributed by atoms with Crippen molar-refractivity contribution >= 4 is 34.2 Å². The molecule has 0 aliphatic carbocycles. The van der Waals surface area contributed by atoms with Crippen molar-refractivity contribution in [2.45, 2.75) is 12.5 Å². The van der Waals surface area contributed by atoms with Crippen LogP contribution in [0.15, 0.2) is 48.8 Å². The molecule has 2 amide bonds. The van der Waals surface area contributed by atoms with Crippen molar-refractivity contribution in [2.75, 3.05) is 10.6 Å². The third kappa shape index (κ3) is 2.32. The van der Waals surface area contributed by atoms with Crippen molar-refractivity contribution < 1.29 is 9.59 Å². The highest BCUT2D eigenvalue weighted by molar-refractivity contribution is 6.04. The normalized spacial score (nSPS) is 16.2. The minimum absolute atomic E-state index is 0.00537. The molecule has 0 radical (unpaired) electrons. The van der Waals surface area contributed by atoms with E-state index in [1.165, 1.54) is 11.0 Å². The van der Waals surface area contributed by atoms with Crippen LogP contribution in [0, 0.1) is 0 Å². The van der Waals surface area contributed by atoms with Gasteiger partial charge in [0.15, 0.2) is 0 Å². The molecule has 0 bridgehead atoms. The summed E-state index contributed by atoms with van der Waals surface area (Å²) in [6, 6.07) is 12.8. The van der Waals surface area contributed by atoms with Crippen LogP contribution in [0.25, 0.3) is 10.8 Å². The van der Waals surface area contributed by atoms with Gasteiger partial charge in [0.05, 0.1) is 6.42 Å². The first-order chi connectivity index (χ1) is 11.2. The summed E-state index contributed by atoms with van der Waals surface area (Å²) < 4.78 is 1.44. The molecule has 0 saturated carbocycles. The van der Waals surface area contributed by atoms with Crippen LogP contribution in [-0.4, -0.2) is 26.6 Å². The summed E-state index contributed by atoms with van der Waals surface area (Å²) in [5.74, 6) is -0.142. The van der Waals surface area contributed by atoms with Gasteiger partial charge in [-0.1, -0.05) is 36.4 Å². The lowest BCUT2D eigenvalue weighted by molar-refractivity contribution is -0.123. The molecule has 7 nitrogen and oxygen atoms in total. The molecular formula is C16H13N5O2. The quantitative estimate of drug-likeness (QED) is 0.774. The summed E-state index contributed by atoms with van der Waals surface area (Å²) in [5.41, 5.74) is 0.727. The van der Waals surface area contributed by atoms with Crippen molar-refractivity contribution in [1.82, 2.24) is 14.8 Å². The van der Waals surface area contributed by atoms with E-state index < -0.39 is 6.04 Å². The molecule has 1 aromatic heterocycles. The van der Waals surface area contributed by atoms with Crippen LogP contribution in [0.2, 0.25) is 0 Å². The van der Waals surface area contributed by atoms with Gasteiger partial charge in [-0.25, -0.2) is 4.68 Å². The summed E-state index contributed by atoms with van der Waals surface area (Å²) in [7, 11) is 0. The zero-order valence-electron chi connectivity index (χ0n) is 12.1. The Bertz CT molecular complexity index is 912. The van der Waals surface area contributed by atoms with Gasteiger partial charge in [-0.05, 0) is 11.5 Å². The Kier molecular flexibility index (Phi) is 3.04. The smallest absolute Gasteiger partial charge is 0.252 e. The molecule has 7 heteroatoms. The minimum Gasteiger partial charge on any atom is -0.325 e. The SMILES string of the molecule is O=C(C[C@@H]1C(=O)Nc2ncnn21)Nc1cccc2ccccc12. The standard InChI is InChI=1S/C16H13N5O2/c22-14(8-13-15(23)20-16-17-9-18-21(13)16)19-12-7-3-5-10-4-1-2-6-11(10)12/h1-7,9,13H,8H2,(H,19,22)(H,17,18,20,23)/t13-/m1/s1. The third-order valence-corrected chi connectivity index (χ3v) is 3.85. The van der Waals surface area contributed by atoms with Gasteiger partial charge in [-0.3, -0.25) is 14.9 Å². The van der Waals surface area contributed by atoms with Gasteiger partial charge in [-0.2, -0.15) is 10.1 Å². The van der Waals surface area contributed by atoms with Crippen molar-refractivity contribution in [3.8, 4) is 0 Å². The van der Waals surface area contributed by atoms with Crippen LogP contribution in [0.3, 0.4) is 0 Å². The van der Waals surface area contributed by atoms with Crippen LogP contribution in [0.1, 0.15) is 12.5 Å². The number of aromatic nitrogens is 3. The monoisotopic (exact) mass is 307 g/mol. The van der Waals surface area contributed by atoms with Crippen molar-refractivity contribution in [3.63, 3.8) is 0 Å². The number of benzene rings is 2. The highest BCUT2D eigenvalue weighted by atomic mass is 16.2. The van der Waals surface area contributed by atoms with E-state index in [4.69, 9.17) is 0 Å². The Labute approximate surface area is 131 Å². The lowest BCUT2D eigenvalue weighted by atomic mass is 10.1. The summed E-state index contributed by atoms with van der Waals surface area (Å²) in [5, 5.41) is 11.5. The maximum Gasteiger partial charge on any atom is 0.252 e. The number of fused-ring (bicyclic) bond motifs is 2. The molecule has 114 valence electrons. The number of nitrogens with zero attached hydrogens (tertiary/aromatic N) is 3. The number of hydrogen-bond donors (Lipinski definition) is 2. The molecule has 0 fully saturated rings. The molecule has 1 aliphatic heterocycles. The zero-order chi connectivity index (χ0) is 15.8. The lowest BCUT2D eigenvalue weighted by Gasteiger charge is -2.11. The topological polar surface area (TPSA) is 88.9 Å². The van der Waals surface area contributed by atoms with E-state index in [1.54, 1.807) is 0 Å². The summed E-state index contributed by atoms with van der Waals surface area (Å²) >= 11 is 0. The number of anilines is 2. The maximum atomic E-state index is 12.3. The highest BCUT2D eigenvalue weighted by Gasteiger charge is 2.33. The molecule has 2 aromatic carbocycles. The number of carbonyl (C=O) groups excluding carboxylic acids is 2. The van der Waals surface area contributed by atoms with Gasteiger partial charge in [0, 0.05) is 11.1 Å². The van der Waals surface area contributed by atoms with E-state index in [1.807, 2.05) is 42.5 Å². The Morgan fingerprint density at radius 3 is 2.96 bits per heavy atom. The molecule has 1 atom stereocenters. The van der Waals surface area contributed by atoms with E-state index in [-0.39, 0.29) is 18.2 Å². The number of amides is 2. The Morgan fingerprint density at radius 1 is 1.22 bits per heavy atom. The average molecular weight is 307 g/mol. The lowest BCUT2D eigenvalue weighted by Crippen LogP contribution is -2.23. The summed E-state index contributed by atoms with van der Waals surface area (Å²) in [6.07, 6.45) is 1.36. The Balaban J connectivity index is 1.55. The van der Waals surface area contributed by atoms with E-state index in [9.17, 15) is 9.59 Å². The molecule has 3 aromatic rings. The maximum absolute atomic E-state index is 12.3. The van der Waals surface area contributed by atoms with Crippen LogP contribution < -0.4 is 10.6 Å². The van der Waals surface area contributed by atoms with Crippen molar-refractivity contribution in [3.05, 3.63) is 48.8 Å². The minimum atomic E-state index is -0.664. The van der Waals surface area contributed by atoms with Crippen LogP contribution in [0.5, 0.6) is 0 Å². The molecule has 23 heavy (non-hydrogen) atoms. The molecular weight excluding hydrogens is 294 g/mol. The van der Waals surface area contributed by atoms with Gasteiger partial charge < -0.3 is 5.32 Å². The van der Waals surface area contributed by atoms with E-state index in [2.05, 4.69) is 20.7 Å². The zero-order valence-corrected chi connectivity index (χ0v) is 12.1. The third-order valence-electron chi connectivity index (χ3n) is 3.85. The van der Waals surface area contributed by atoms with E-state index in [0.29, 0.717) is 5.95 Å². The van der Waals surface area contributed by atoms with Gasteiger partial charge in [0.25, 0.3) is 5.91 Å². The van der Waals surface area contributed by atoms with E-state index in [0.717, 1.165) is 16.5 Å². The number of carbonyl (C=O) groups is 2. The highest BCUT2D eigenvalue weighted by Crippen LogP contribution is 2.26. The predicted octanol–water partition coefficient (Wildman–Crippen LogP) is 1.95. The molecule has 0 saturated heterocycles. The average Bonchev–Trinajstić information content (AvgIpc) is 3.11. The number of hydrogen-bond acceptors (Lipinski definition) is 4. The number of rotatable bonds is 3. The molecule has 1 aliphatic rings. The number of nitrogens with one attached hydrogen (secondary N) is 2. The molecule has 2 heterocycles. The van der Waals surface area contributed by atoms with Gasteiger partial charge in [-0.15, -0.1) is 0 Å². The van der Waals surface area contributed by atoms with Crippen LogP contribution in [0.4, 0.5) is 11.6 Å². The fourth-order valence-electron chi connectivity index (χ4n) is 2.76. The fourth-order valence-corrected chi connectivity index (χ4v) is 2.76. The second-order valence-electron chi connectivity index (χ2n) is 5.31. The van der Waals surface area contributed by atoms with Gasteiger partial charge in [0.1, 0.15) is 12.4 Å². The molecule has 2 N–H and O–H groups in total. The first-order valence-corrected chi connectivity index (χ1v) is 7.20. The predicted molar refractivity (Wildman–Crippen MR) is 84.9 cm³/mol.